The topological polar surface area (TPSA) is 60.7 Å². The molecule has 0 aromatic carbocycles. The number of rotatable bonds is 4. The first-order valence-corrected chi connectivity index (χ1v) is 12.6. The zero-order chi connectivity index (χ0) is 22.8. The average Bonchev–Trinajstić information content (AvgIpc) is 3.03. The van der Waals surface area contributed by atoms with Gasteiger partial charge in [0.05, 0.1) is 17.8 Å². The maximum absolute atomic E-state index is 11.0. The van der Waals surface area contributed by atoms with E-state index >= 15 is 0 Å². The maximum atomic E-state index is 11.0. The van der Waals surface area contributed by atoms with Gasteiger partial charge in [0.25, 0.3) is 0 Å². The molecule has 4 aliphatic carbocycles. The van der Waals surface area contributed by atoms with Gasteiger partial charge in [0.1, 0.15) is 0 Å². The van der Waals surface area contributed by atoms with Gasteiger partial charge in [-0.1, -0.05) is 63.1 Å². The molecule has 0 amide bonds. The van der Waals surface area contributed by atoms with Crippen molar-refractivity contribution in [3.63, 3.8) is 0 Å². The quantitative estimate of drug-likeness (QED) is 0.524. The largest absolute Gasteiger partial charge is 0.393 e. The van der Waals surface area contributed by atoms with E-state index in [9.17, 15) is 15.3 Å². The minimum absolute atomic E-state index is 0.142. The third-order valence-corrected chi connectivity index (χ3v) is 10.2. The van der Waals surface area contributed by atoms with Crippen molar-refractivity contribution in [2.75, 3.05) is 0 Å². The van der Waals surface area contributed by atoms with Crippen molar-refractivity contribution in [1.82, 2.24) is 0 Å². The summed E-state index contributed by atoms with van der Waals surface area (Å²) >= 11 is 0. The Bertz CT molecular complexity index is 787. The summed E-state index contributed by atoms with van der Waals surface area (Å²) in [7, 11) is 0. The molecule has 0 aliphatic heterocycles. The summed E-state index contributed by atoms with van der Waals surface area (Å²) < 4.78 is 0. The SMILES string of the molecule is C[C@H](/C=C/[C@@H](C)C(C)(C)O)C1CC[C@H]2C3=CC=C4C[C@@H](O)CC(O)[C@]4(C)C3CC[C@]12C. The summed E-state index contributed by atoms with van der Waals surface area (Å²) in [6.07, 6.45) is 14.4. The van der Waals surface area contributed by atoms with Crippen molar-refractivity contribution in [1.29, 1.82) is 0 Å². The molecular formula is C28H44O3. The molecule has 9 atom stereocenters. The molecule has 3 saturated carbocycles. The Hall–Kier alpha value is -0.900. The highest BCUT2D eigenvalue weighted by Gasteiger charge is 2.58. The van der Waals surface area contributed by atoms with Gasteiger partial charge in [0.2, 0.25) is 0 Å². The first-order valence-electron chi connectivity index (χ1n) is 12.6. The molecule has 174 valence electrons. The molecular weight excluding hydrogens is 384 g/mol. The van der Waals surface area contributed by atoms with Crippen LogP contribution in [0, 0.1) is 40.4 Å². The van der Waals surface area contributed by atoms with Crippen LogP contribution in [0.25, 0.3) is 0 Å². The van der Waals surface area contributed by atoms with Crippen LogP contribution in [0.2, 0.25) is 0 Å². The molecule has 0 spiro atoms. The summed E-state index contributed by atoms with van der Waals surface area (Å²) in [5.74, 6) is 2.29. The molecule has 0 radical (unpaired) electrons. The fourth-order valence-electron chi connectivity index (χ4n) is 7.66. The van der Waals surface area contributed by atoms with E-state index in [1.165, 1.54) is 24.8 Å². The lowest BCUT2D eigenvalue weighted by Crippen LogP contribution is -2.52. The van der Waals surface area contributed by atoms with Gasteiger partial charge >= 0.3 is 0 Å². The highest BCUT2D eigenvalue weighted by Crippen LogP contribution is 2.66. The Kier molecular flexibility index (Phi) is 5.89. The Morgan fingerprint density at radius 3 is 2.42 bits per heavy atom. The van der Waals surface area contributed by atoms with Gasteiger partial charge in [-0.05, 0) is 75.0 Å². The van der Waals surface area contributed by atoms with E-state index in [1.54, 1.807) is 5.57 Å². The van der Waals surface area contributed by atoms with Crippen LogP contribution in [0.1, 0.15) is 80.1 Å². The summed E-state index contributed by atoms with van der Waals surface area (Å²) in [5, 5.41) is 31.5. The molecule has 0 heterocycles. The lowest BCUT2D eigenvalue weighted by atomic mass is 9.49. The molecule has 0 bridgehead atoms. The summed E-state index contributed by atoms with van der Waals surface area (Å²) in [6.45, 7) is 13.0. The lowest BCUT2D eigenvalue weighted by Gasteiger charge is -2.56. The monoisotopic (exact) mass is 428 g/mol. The predicted molar refractivity (Wildman–Crippen MR) is 126 cm³/mol. The minimum Gasteiger partial charge on any atom is -0.393 e. The lowest BCUT2D eigenvalue weighted by molar-refractivity contribution is -0.0537. The van der Waals surface area contributed by atoms with E-state index in [0.29, 0.717) is 41.9 Å². The van der Waals surface area contributed by atoms with Gasteiger partial charge in [-0.15, -0.1) is 0 Å². The van der Waals surface area contributed by atoms with Gasteiger partial charge in [-0.2, -0.15) is 0 Å². The predicted octanol–water partition coefficient (Wildman–Crippen LogP) is 5.42. The molecule has 3 N–H and O–H groups in total. The normalized spacial score (nSPS) is 44.7. The zero-order valence-corrected chi connectivity index (χ0v) is 20.4. The third-order valence-electron chi connectivity index (χ3n) is 10.2. The number of aliphatic hydroxyl groups is 3. The minimum atomic E-state index is -0.683. The summed E-state index contributed by atoms with van der Waals surface area (Å²) in [6, 6.07) is 0. The van der Waals surface area contributed by atoms with Crippen molar-refractivity contribution >= 4 is 0 Å². The number of hydrogen-bond acceptors (Lipinski definition) is 3. The Morgan fingerprint density at radius 2 is 1.74 bits per heavy atom. The van der Waals surface area contributed by atoms with Crippen molar-refractivity contribution in [3.05, 3.63) is 35.5 Å². The third kappa shape index (κ3) is 3.69. The van der Waals surface area contributed by atoms with Gasteiger partial charge in [0, 0.05) is 17.8 Å². The maximum Gasteiger partial charge on any atom is 0.0661 e. The van der Waals surface area contributed by atoms with Crippen molar-refractivity contribution in [2.24, 2.45) is 40.4 Å². The summed E-state index contributed by atoms with van der Waals surface area (Å²) in [4.78, 5) is 0. The van der Waals surface area contributed by atoms with E-state index in [1.807, 2.05) is 13.8 Å². The van der Waals surface area contributed by atoms with Gasteiger partial charge < -0.3 is 15.3 Å². The van der Waals surface area contributed by atoms with E-state index in [4.69, 9.17) is 0 Å². The molecule has 0 saturated heterocycles. The van der Waals surface area contributed by atoms with Crippen LogP contribution in [-0.2, 0) is 0 Å². The van der Waals surface area contributed by atoms with E-state index < -0.39 is 17.8 Å². The highest BCUT2D eigenvalue weighted by atomic mass is 16.3. The Morgan fingerprint density at radius 1 is 1.03 bits per heavy atom. The van der Waals surface area contributed by atoms with Gasteiger partial charge in [-0.3, -0.25) is 0 Å². The van der Waals surface area contributed by atoms with E-state index in [-0.39, 0.29) is 11.3 Å². The molecule has 4 rings (SSSR count). The second-order valence-electron chi connectivity index (χ2n) is 12.3. The van der Waals surface area contributed by atoms with Crippen LogP contribution in [-0.4, -0.2) is 33.1 Å². The molecule has 3 nitrogen and oxygen atoms in total. The molecule has 0 aromatic heterocycles. The first kappa shape index (κ1) is 23.3. The fourth-order valence-corrected chi connectivity index (χ4v) is 7.66. The second-order valence-corrected chi connectivity index (χ2v) is 12.3. The molecule has 0 aromatic rings. The smallest absolute Gasteiger partial charge is 0.0661 e. The van der Waals surface area contributed by atoms with Crippen LogP contribution < -0.4 is 0 Å². The van der Waals surface area contributed by atoms with E-state index in [0.717, 1.165) is 6.42 Å². The standard InChI is InChI=1S/C28H44O3/c1-17(7-8-18(2)26(3,4)31)22-11-12-23-21-10-9-19-15-20(29)16-25(30)28(19,6)24(21)13-14-27(22,23)5/h7-10,17-18,20,22-25,29-31H,11-16H2,1-6H3/b8-7+/t17-,18-,20-,22?,23+,24?,25?,27-,28+/m1/s1. The molecule has 3 unspecified atom stereocenters. The number of allylic oxidation sites excluding steroid dienone is 4. The Balaban J connectivity index is 1.58. The van der Waals surface area contributed by atoms with Gasteiger partial charge in [-0.25, -0.2) is 0 Å². The van der Waals surface area contributed by atoms with Crippen LogP contribution in [0.5, 0.6) is 0 Å². The Labute approximate surface area is 189 Å². The summed E-state index contributed by atoms with van der Waals surface area (Å²) in [5.41, 5.74) is 2.22. The van der Waals surface area contributed by atoms with Crippen molar-refractivity contribution < 1.29 is 15.3 Å². The molecule has 4 aliphatic rings. The van der Waals surface area contributed by atoms with E-state index in [2.05, 4.69) is 52.0 Å². The van der Waals surface area contributed by atoms with Crippen LogP contribution in [0.15, 0.2) is 35.5 Å². The molecule has 3 heteroatoms. The van der Waals surface area contributed by atoms with Crippen LogP contribution >= 0.6 is 0 Å². The second kappa shape index (κ2) is 7.85. The molecule has 31 heavy (non-hydrogen) atoms. The number of hydrogen-bond donors (Lipinski definition) is 3. The number of fused-ring (bicyclic) bond motifs is 5. The van der Waals surface area contributed by atoms with Crippen molar-refractivity contribution in [2.45, 2.75) is 97.9 Å². The highest BCUT2D eigenvalue weighted by molar-refractivity contribution is 5.40. The van der Waals surface area contributed by atoms with Crippen LogP contribution in [0.4, 0.5) is 0 Å². The first-order chi connectivity index (χ1) is 14.4. The van der Waals surface area contributed by atoms with Crippen molar-refractivity contribution in [3.8, 4) is 0 Å². The number of aliphatic hydroxyl groups excluding tert-OH is 2. The zero-order valence-electron chi connectivity index (χ0n) is 20.4. The molecule has 3 fully saturated rings. The fraction of sp³-hybridized carbons (Fsp3) is 0.786. The van der Waals surface area contributed by atoms with Gasteiger partial charge in [0.15, 0.2) is 0 Å². The van der Waals surface area contributed by atoms with Crippen LogP contribution in [0.3, 0.4) is 0 Å². The average molecular weight is 429 g/mol.